The molecule has 0 saturated carbocycles. The monoisotopic (exact) mass is 298 g/mol. The number of carbonyl (C=O) groups is 1. The molecule has 1 aliphatic rings. The lowest BCUT2D eigenvalue weighted by atomic mass is 10.1. The number of anilines is 1. The summed E-state index contributed by atoms with van der Waals surface area (Å²) in [5.41, 5.74) is 2.15. The van der Waals surface area contributed by atoms with Crippen molar-refractivity contribution in [1.29, 1.82) is 0 Å². The van der Waals surface area contributed by atoms with Crippen molar-refractivity contribution in [3.8, 4) is 0 Å². The fraction of sp³-hybridized carbons (Fsp3) is 0.417. The molecule has 1 unspecified atom stereocenters. The molecule has 1 aromatic rings. The van der Waals surface area contributed by atoms with E-state index in [-0.39, 0.29) is 18.6 Å². The molecule has 4 nitrogen and oxygen atoms in total. The normalized spacial score (nSPS) is 20.3. The summed E-state index contributed by atoms with van der Waals surface area (Å²) in [6, 6.07) is 5.81. The van der Waals surface area contributed by atoms with Gasteiger partial charge < -0.3 is 15.3 Å². The van der Waals surface area contributed by atoms with E-state index in [9.17, 15) is 4.79 Å². The second kappa shape index (κ2) is 5.06. The van der Waals surface area contributed by atoms with Crippen molar-refractivity contribution in [2.45, 2.75) is 13.0 Å². The van der Waals surface area contributed by atoms with E-state index in [1.165, 1.54) is 0 Å². The maximum absolute atomic E-state index is 11.5. The third-order valence-electron chi connectivity index (χ3n) is 2.87. The molecule has 0 aromatic heterocycles. The Bertz CT molecular complexity index is 437. The molecule has 0 aliphatic carbocycles. The Balaban J connectivity index is 2.20. The second-order valence-electron chi connectivity index (χ2n) is 4.26. The van der Waals surface area contributed by atoms with Gasteiger partial charge in [0.25, 0.3) is 0 Å². The Labute approximate surface area is 109 Å². The smallest absolute Gasteiger partial charge is 0.239 e. The first-order valence-corrected chi connectivity index (χ1v) is 6.31. The number of halogens is 1. The third-order valence-corrected chi connectivity index (χ3v) is 3.76. The third kappa shape index (κ3) is 2.79. The molecule has 1 aliphatic heterocycles. The molecule has 0 radical (unpaired) electrons. The van der Waals surface area contributed by atoms with E-state index in [1.807, 2.05) is 30.0 Å². The van der Waals surface area contributed by atoms with Crippen LogP contribution >= 0.6 is 15.9 Å². The zero-order chi connectivity index (χ0) is 12.4. The minimum absolute atomic E-state index is 0.0300. The minimum Gasteiger partial charge on any atom is -0.394 e. The molecule has 0 bridgehead atoms. The van der Waals surface area contributed by atoms with Crippen molar-refractivity contribution >= 4 is 27.5 Å². The minimum atomic E-state index is -0.180. The topological polar surface area (TPSA) is 52.6 Å². The number of aliphatic hydroxyl groups is 1. The van der Waals surface area contributed by atoms with Gasteiger partial charge in [0.05, 0.1) is 19.2 Å². The first-order chi connectivity index (χ1) is 8.10. The van der Waals surface area contributed by atoms with Gasteiger partial charge in [0, 0.05) is 16.7 Å². The molecule has 1 fully saturated rings. The molecule has 1 atom stereocenters. The number of aryl methyl sites for hydroxylation is 1. The average molecular weight is 299 g/mol. The van der Waals surface area contributed by atoms with Crippen molar-refractivity contribution < 1.29 is 9.90 Å². The first kappa shape index (κ1) is 12.4. The molecule has 92 valence electrons. The van der Waals surface area contributed by atoms with Crippen LogP contribution in [0.1, 0.15) is 5.56 Å². The van der Waals surface area contributed by atoms with E-state index < -0.39 is 0 Å². The molecule has 2 N–H and O–H groups in total. The van der Waals surface area contributed by atoms with E-state index in [0.717, 1.165) is 15.7 Å². The Morgan fingerprint density at radius 3 is 3.00 bits per heavy atom. The highest BCUT2D eigenvalue weighted by atomic mass is 79.9. The molecule has 5 heteroatoms. The van der Waals surface area contributed by atoms with Gasteiger partial charge in [0.15, 0.2) is 0 Å². The van der Waals surface area contributed by atoms with E-state index in [2.05, 4.69) is 21.2 Å². The zero-order valence-corrected chi connectivity index (χ0v) is 11.2. The first-order valence-electron chi connectivity index (χ1n) is 5.51. The van der Waals surface area contributed by atoms with Crippen LogP contribution in [0.3, 0.4) is 0 Å². The lowest BCUT2D eigenvalue weighted by Crippen LogP contribution is -2.55. The number of piperazine rings is 1. The van der Waals surface area contributed by atoms with Crippen LogP contribution in [0, 0.1) is 6.92 Å². The van der Waals surface area contributed by atoms with Crippen molar-refractivity contribution in [2.75, 3.05) is 24.6 Å². The van der Waals surface area contributed by atoms with Crippen molar-refractivity contribution in [3.63, 3.8) is 0 Å². The largest absolute Gasteiger partial charge is 0.394 e. The molecule has 2 rings (SSSR count). The number of aliphatic hydroxyl groups excluding tert-OH is 1. The highest BCUT2D eigenvalue weighted by Gasteiger charge is 2.24. The SMILES string of the molecule is Cc1cc(N2CC(=O)NC(CO)C2)ccc1Br. The lowest BCUT2D eigenvalue weighted by molar-refractivity contribution is -0.121. The van der Waals surface area contributed by atoms with Gasteiger partial charge in [0.2, 0.25) is 5.91 Å². The number of hydrogen-bond acceptors (Lipinski definition) is 3. The summed E-state index contributed by atoms with van der Waals surface area (Å²) in [6.45, 7) is 2.97. The number of nitrogens with one attached hydrogen (secondary N) is 1. The zero-order valence-electron chi connectivity index (χ0n) is 9.61. The van der Waals surface area contributed by atoms with Gasteiger partial charge in [0.1, 0.15) is 0 Å². The van der Waals surface area contributed by atoms with Crippen LogP contribution in [0.25, 0.3) is 0 Å². The van der Waals surface area contributed by atoms with Crippen molar-refractivity contribution in [1.82, 2.24) is 5.32 Å². The van der Waals surface area contributed by atoms with Crippen LogP contribution in [-0.2, 0) is 4.79 Å². The van der Waals surface area contributed by atoms with Gasteiger partial charge in [-0.1, -0.05) is 15.9 Å². The Morgan fingerprint density at radius 2 is 2.35 bits per heavy atom. The molecular weight excluding hydrogens is 284 g/mol. The predicted molar refractivity (Wildman–Crippen MR) is 70.1 cm³/mol. The summed E-state index contributed by atoms with van der Waals surface area (Å²) < 4.78 is 1.06. The number of nitrogens with zero attached hydrogens (tertiary/aromatic N) is 1. The van der Waals surface area contributed by atoms with Crippen molar-refractivity contribution in [3.05, 3.63) is 28.2 Å². The number of carbonyl (C=O) groups excluding carboxylic acids is 1. The average Bonchev–Trinajstić information content (AvgIpc) is 2.32. The lowest BCUT2D eigenvalue weighted by Gasteiger charge is -2.33. The molecule has 17 heavy (non-hydrogen) atoms. The fourth-order valence-corrected chi connectivity index (χ4v) is 2.20. The molecule has 1 saturated heterocycles. The highest BCUT2D eigenvalue weighted by molar-refractivity contribution is 9.10. The summed E-state index contributed by atoms with van der Waals surface area (Å²) >= 11 is 3.45. The van der Waals surface area contributed by atoms with Crippen LogP contribution in [0.15, 0.2) is 22.7 Å². The molecule has 1 heterocycles. The van der Waals surface area contributed by atoms with Crippen LogP contribution in [0.2, 0.25) is 0 Å². The molecular formula is C12H15BrN2O2. The van der Waals surface area contributed by atoms with Crippen LogP contribution in [0.5, 0.6) is 0 Å². The number of hydrogen-bond donors (Lipinski definition) is 2. The summed E-state index contributed by atoms with van der Waals surface area (Å²) in [5, 5.41) is 11.9. The van der Waals surface area contributed by atoms with Gasteiger partial charge in [-0.3, -0.25) is 4.79 Å². The molecule has 1 amide bonds. The fourth-order valence-electron chi connectivity index (χ4n) is 1.95. The van der Waals surface area contributed by atoms with Gasteiger partial charge in [-0.2, -0.15) is 0 Å². The van der Waals surface area contributed by atoms with E-state index in [0.29, 0.717) is 13.1 Å². The number of benzene rings is 1. The maximum atomic E-state index is 11.5. The van der Waals surface area contributed by atoms with Crippen LogP contribution < -0.4 is 10.2 Å². The predicted octanol–water partition coefficient (Wildman–Crippen LogP) is 1.05. The highest BCUT2D eigenvalue weighted by Crippen LogP contribution is 2.23. The second-order valence-corrected chi connectivity index (χ2v) is 5.12. The summed E-state index contributed by atoms with van der Waals surface area (Å²) in [7, 11) is 0. The van der Waals surface area contributed by atoms with E-state index >= 15 is 0 Å². The van der Waals surface area contributed by atoms with Gasteiger partial charge in [-0.05, 0) is 30.7 Å². The molecule has 0 spiro atoms. The summed E-state index contributed by atoms with van der Waals surface area (Å²) in [6.07, 6.45) is 0. The van der Waals surface area contributed by atoms with Crippen LogP contribution in [0.4, 0.5) is 5.69 Å². The summed E-state index contributed by atoms with van der Waals surface area (Å²) in [4.78, 5) is 13.5. The Morgan fingerprint density at radius 1 is 1.59 bits per heavy atom. The van der Waals surface area contributed by atoms with Crippen molar-refractivity contribution in [2.24, 2.45) is 0 Å². The number of amides is 1. The van der Waals surface area contributed by atoms with Gasteiger partial charge >= 0.3 is 0 Å². The molecule has 1 aromatic carbocycles. The van der Waals surface area contributed by atoms with Crippen LogP contribution in [-0.4, -0.2) is 36.8 Å². The summed E-state index contributed by atoms with van der Waals surface area (Å²) in [5.74, 6) is -0.0455. The van der Waals surface area contributed by atoms with Gasteiger partial charge in [-0.15, -0.1) is 0 Å². The standard InChI is InChI=1S/C12H15BrN2O2/c1-8-4-10(2-3-11(8)13)15-5-9(7-16)14-12(17)6-15/h2-4,9,16H,5-7H2,1H3,(H,14,17). The maximum Gasteiger partial charge on any atom is 0.239 e. The number of rotatable bonds is 2. The van der Waals surface area contributed by atoms with E-state index in [1.54, 1.807) is 0 Å². The quantitative estimate of drug-likeness (QED) is 0.858. The van der Waals surface area contributed by atoms with Gasteiger partial charge in [-0.25, -0.2) is 0 Å². The Kier molecular flexibility index (Phi) is 3.69. The Hall–Kier alpha value is -1.07. The van der Waals surface area contributed by atoms with E-state index in [4.69, 9.17) is 5.11 Å².